The third-order valence-electron chi connectivity index (χ3n) is 4.39. The predicted molar refractivity (Wildman–Crippen MR) is 103 cm³/mol. The van der Waals surface area contributed by atoms with E-state index in [-0.39, 0.29) is 16.2 Å². The molecule has 0 bridgehead atoms. The third kappa shape index (κ3) is 4.49. The van der Waals surface area contributed by atoms with Crippen molar-refractivity contribution in [1.29, 1.82) is 5.26 Å². The minimum absolute atomic E-state index is 0.0309. The Morgan fingerprint density at radius 2 is 1.59 bits per heavy atom. The van der Waals surface area contributed by atoms with Crippen LogP contribution in [0.3, 0.4) is 0 Å². The monoisotopic (exact) mass is 415 g/mol. The third-order valence-corrected chi connectivity index (χ3v) is 6.12. The number of aryl methyl sites for hydroxylation is 1. The van der Waals surface area contributed by atoms with Crippen molar-refractivity contribution in [3.63, 3.8) is 0 Å². The zero-order chi connectivity index (χ0) is 21.2. The fraction of sp³-hybridized carbons (Fsp3) is 0.136. The van der Waals surface area contributed by atoms with E-state index < -0.39 is 21.6 Å². The summed E-state index contributed by atoms with van der Waals surface area (Å²) in [7, 11) is -3.85. The molecule has 0 fully saturated rings. The number of alkyl halides is 3. The Hall–Kier alpha value is -3.11. The molecule has 0 unspecified atom stereocenters. The van der Waals surface area contributed by atoms with Crippen molar-refractivity contribution in [2.75, 3.05) is 0 Å². The summed E-state index contributed by atoms with van der Waals surface area (Å²) in [5.41, 5.74) is 1.52. The highest BCUT2D eigenvalue weighted by Crippen LogP contribution is 2.32. The first kappa shape index (κ1) is 20.6. The van der Waals surface area contributed by atoms with E-state index in [0.29, 0.717) is 16.7 Å². The Morgan fingerprint density at radius 1 is 0.897 bits per heavy atom. The molecule has 7 heteroatoms. The normalized spacial score (nSPS) is 11.8. The zero-order valence-corrected chi connectivity index (χ0v) is 16.2. The predicted octanol–water partition coefficient (Wildman–Crippen LogP) is 5.58. The van der Waals surface area contributed by atoms with Gasteiger partial charge in [-0.1, -0.05) is 30.3 Å². The largest absolute Gasteiger partial charge is 0.416 e. The van der Waals surface area contributed by atoms with Crippen LogP contribution in [0.2, 0.25) is 0 Å². The van der Waals surface area contributed by atoms with Gasteiger partial charge in [-0.15, -0.1) is 0 Å². The SMILES string of the molecule is Cc1cc(CC#N)cc(S(=O)(=O)c2cccc(-c3ccc(C(F)(F)F)cc3)c2)c1. The van der Waals surface area contributed by atoms with Gasteiger partial charge in [-0.25, -0.2) is 8.42 Å². The average molecular weight is 415 g/mol. The molecule has 3 rings (SSSR count). The number of nitriles is 1. The van der Waals surface area contributed by atoms with E-state index in [9.17, 15) is 21.6 Å². The summed E-state index contributed by atoms with van der Waals surface area (Å²) in [5, 5.41) is 8.88. The van der Waals surface area contributed by atoms with Crippen LogP contribution in [-0.2, 0) is 22.4 Å². The molecular weight excluding hydrogens is 399 g/mol. The van der Waals surface area contributed by atoms with Gasteiger partial charge in [0.05, 0.1) is 27.8 Å². The van der Waals surface area contributed by atoms with Gasteiger partial charge < -0.3 is 0 Å². The lowest BCUT2D eigenvalue weighted by atomic mass is 10.0. The Balaban J connectivity index is 2.02. The highest BCUT2D eigenvalue weighted by molar-refractivity contribution is 7.91. The van der Waals surface area contributed by atoms with Crippen LogP contribution in [0.15, 0.2) is 76.5 Å². The first-order valence-electron chi connectivity index (χ1n) is 8.61. The summed E-state index contributed by atoms with van der Waals surface area (Å²) >= 11 is 0. The van der Waals surface area contributed by atoms with Gasteiger partial charge in [-0.3, -0.25) is 0 Å². The minimum atomic E-state index is -4.43. The van der Waals surface area contributed by atoms with Gasteiger partial charge >= 0.3 is 6.18 Å². The smallest absolute Gasteiger partial charge is 0.219 e. The van der Waals surface area contributed by atoms with Crippen LogP contribution in [0.1, 0.15) is 16.7 Å². The molecule has 0 atom stereocenters. The number of nitrogens with zero attached hydrogens (tertiary/aromatic N) is 1. The van der Waals surface area contributed by atoms with Crippen LogP contribution >= 0.6 is 0 Å². The molecule has 0 saturated carbocycles. The van der Waals surface area contributed by atoms with Crippen molar-refractivity contribution in [2.24, 2.45) is 0 Å². The second-order valence-electron chi connectivity index (χ2n) is 6.60. The summed E-state index contributed by atoms with van der Waals surface area (Å²) in [4.78, 5) is 0.107. The van der Waals surface area contributed by atoms with Crippen molar-refractivity contribution in [1.82, 2.24) is 0 Å². The second-order valence-corrected chi connectivity index (χ2v) is 8.55. The molecule has 0 N–H and O–H groups in total. The molecule has 0 aromatic heterocycles. The molecule has 148 valence electrons. The van der Waals surface area contributed by atoms with Crippen molar-refractivity contribution in [3.05, 3.63) is 83.4 Å². The molecule has 3 aromatic rings. The summed E-state index contributed by atoms with van der Waals surface area (Å²) in [6.07, 6.45) is -4.34. The van der Waals surface area contributed by atoms with Crippen LogP contribution in [-0.4, -0.2) is 8.42 Å². The Morgan fingerprint density at radius 3 is 2.21 bits per heavy atom. The lowest BCUT2D eigenvalue weighted by Crippen LogP contribution is -2.04. The van der Waals surface area contributed by atoms with Gasteiger partial charge in [-0.2, -0.15) is 18.4 Å². The number of halogens is 3. The molecule has 0 heterocycles. The van der Waals surface area contributed by atoms with Crippen molar-refractivity contribution < 1.29 is 21.6 Å². The minimum Gasteiger partial charge on any atom is -0.219 e. The maximum Gasteiger partial charge on any atom is 0.416 e. The van der Waals surface area contributed by atoms with E-state index in [1.807, 2.05) is 6.07 Å². The number of sulfone groups is 1. The molecule has 0 aliphatic carbocycles. The topological polar surface area (TPSA) is 57.9 Å². The fourth-order valence-corrected chi connectivity index (χ4v) is 4.46. The van der Waals surface area contributed by atoms with Crippen LogP contribution in [0.25, 0.3) is 11.1 Å². The summed E-state index contributed by atoms with van der Waals surface area (Å²) in [6, 6.07) is 17.4. The molecule has 0 amide bonds. The standard InChI is InChI=1S/C22H16F3NO2S/c1-15-11-16(9-10-26)13-21(12-15)29(27,28)20-4-2-3-18(14-20)17-5-7-19(8-6-17)22(23,24)25/h2-8,11-14H,9H2,1H3. The van der Waals surface area contributed by atoms with E-state index in [2.05, 4.69) is 0 Å². The van der Waals surface area contributed by atoms with E-state index in [0.717, 1.165) is 17.7 Å². The van der Waals surface area contributed by atoms with Gasteiger partial charge in [0.1, 0.15) is 0 Å². The van der Waals surface area contributed by atoms with Gasteiger partial charge in [0.25, 0.3) is 0 Å². The van der Waals surface area contributed by atoms with E-state index >= 15 is 0 Å². The van der Waals surface area contributed by atoms with Crippen LogP contribution < -0.4 is 0 Å². The number of hydrogen-bond acceptors (Lipinski definition) is 3. The number of rotatable bonds is 4. The Labute approximate surface area is 167 Å². The lowest BCUT2D eigenvalue weighted by Gasteiger charge is -2.11. The molecule has 3 nitrogen and oxygen atoms in total. The lowest BCUT2D eigenvalue weighted by molar-refractivity contribution is -0.137. The second kappa shape index (κ2) is 7.72. The quantitative estimate of drug-likeness (QED) is 0.559. The summed E-state index contributed by atoms with van der Waals surface area (Å²) < 4.78 is 64.4. The Bertz CT molecular complexity index is 1190. The highest BCUT2D eigenvalue weighted by Gasteiger charge is 2.30. The molecule has 0 aliphatic rings. The van der Waals surface area contributed by atoms with Crippen LogP contribution in [0.5, 0.6) is 0 Å². The van der Waals surface area contributed by atoms with Crippen LogP contribution in [0.4, 0.5) is 13.2 Å². The summed E-state index contributed by atoms with van der Waals surface area (Å²) in [6.45, 7) is 1.75. The molecule has 29 heavy (non-hydrogen) atoms. The Kier molecular flexibility index (Phi) is 5.49. The van der Waals surface area contributed by atoms with Gasteiger partial charge in [0, 0.05) is 0 Å². The first-order chi connectivity index (χ1) is 13.6. The molecular formula is C22H16F3NO2S. The molecule has 0 aliphatic heterocycles. The van der Waals surface area contributed by atoms with Crippen molar-refractivity contribution in [3.8, 4) is 17.2 Å². The van der Waals surface area contributed by atoms with Gasteiger partial charge in [-0.05, 0) is 65.6 Å². The highest BCUT2D eigenvalue weighted by atomic mass is 32.2. The number of hydrogen-bond donors (Lipinski definition) is 0. The fourth-order valence-electron chi connectivity index (χ4n) is 3.00. The zero-order valence-electron chi connectivity index (χ0n) is 15.4. The average Bonchev–Trinajstić information content (AvgIpc) is 2.67. The van der Waals surface area contributed by atoms with Gasteiger partial charge in [0.15, 0.2) is 0 Å². The number of benzene rings is 3. The summed E-state index contributed by atoms with van der Waals surface area (Å²) in [5.74, 6) is 0. The molecule has 3 aromatic carbocycles. The van der Waals surface area contributed by atoms with Gasteiger partial charge in [0.2, 0.25) is 9.84 Å². The maximum absolute atomic E-state index is 13.1. The van der Waals surface area contributed by atoms with E-state index in [1.54, 1.807) is 25.1 Å². The molecule has 0 saturated heterocycles. The van der Waals surface area contributed by atoms with E-state index in [1.165, 1.54) is 36.4 Å². The van der Waals surface area contributed by atoms with E-state index in [4.69, 9.17) is 5.26 Å². The van der Waals surface area contributed by atoms with Crippen molar-refractivity contribution >= 4 is 9.84 Å². The van der Waals surface area contributed by atoms with Crippen LogP contribution in [0, 0.1) is 18.3 Å². The molecule has 0 radical (unpaired) electrons. The maximum atomic E-state index is 13.1. The van der Waals surface area contributed by atoms with Crippen molar-refractivity contribution in [2.45, 2.75) is 29.3 Å². The first-order valence-corrected chi connectivity index (χ1v) is 10.1. The molecule has 0 spiro atoms.